The second kappa shape index (κ2) is 12.5. The number of nitrogens with one attached hydrogen (secondary N) is 1. The fourth-order valence-corrected chi connectivity index (χ4v) is 10.2. The van der Waals surface area contributed by atoms with Crippen LogP contribution in [0.2, 0.25) is 0 Å². The molecule has 1 aromatic rings. The molecule has 222 valence electrons. The standard InChI is InChI=1S/C36H54BrNO2/c1-24(2)7-6-8-25(3)31-15-16-32-30-14-11-27-23-29(17-20-35(27,4)33(30)18-21-36(31,32)5)40-34(39)38-22-19-26-9-12-28(37)13-10-26/h9-13,24-25,29-33H,6-8,14-23H2,1-5H3,(H,38,39)/t25-,29?,30?,31?,32?,33?,35?,36?/m1/s1. The maximum atomic E-state index is 12.6. The van der Waals surface area contributed by atoms with E-state index < -0.39 is 0 Å². The molecule has 0 aliphatic heterocycles. The summed E-state index contributed by atoms with van der Waals surface area (Å²) < 4.78 is 7.03. The van der Waals surface area contributed by atoms with Gasteiger partial charge >= 0.3 is 6.09 Å². The Bertz CT molecular complexity index is 1050. The smallest absolute Gasteiger partial charge is 0.407 e. The average molecular weight is 613 g/mol. The molecule has 0 aromatic heterocycles. The number of halogens is 1. The van der Waals surface area contributed by atoms with Crippen LogP contribution >= 0.6 is 15.9 Å². The van der Waals surface area contributed by atoms with Crippen molar-refractivity contribution >= 4 is 22.0 Å². The van der Waals surface area contributed by atoms with Crippen LogP contribution < -0.4 is 5.32 Å². The fourth-order valence-electron chi connectivity index (χ4n) is 9.91. The van der Waals surface area contributed by atoms with Gasteiger partial charge in [-0.2, -0.15) is 0 Å². The predicted molar refractivity (Wildman–Crippen MR) is 169 cm³/mol. The molecule has 0 saturated heterocycles. The van der Waals surface area contributed by atoms with Gasteiger partial charge in [-0.1, -0.05) is 93.6 Å². The van der Waals surface area contributed by atoms with E-state index in [4.69, 9.17) is 4.74 Å². The molecule has 1 amide bonds. The van der Waals surface area contributed by atoms with Crippen LogP contribution in [0.4, 0.5) is 4.79 Å². The Morgan fingerprint density at radius 3 is 2.55 bits per heavy atom. The first-order valence-electron chi connectivity index (χ1n) is 16.5. The van der Waals surface area contributed by atoms with E-state index in [9.17, 15) is 4.79 Å². The van der Waals surface area contributed by atoms with Crippen LogP contribution in [-0.2, 0) is 11.2 Å². The van der Waals surface area contributed by atoms with Crippen LogP contribution in [-0.4, -0.2) is 18.7 Å². The third kappa shape index (κ3) is 6.23. The lowest BCUT2D eigenvalue weighted by Crippen LogP contribution is -2.51. The van der Waals surface area contributed by atoms with Gasteiger partial charge in [0.2, 0.25) is 0 Å². The highest BCUT2D eigenvalue weighted by molar-refractivity contribution is 9.10. The molecule has 3 nitrogen and oxygen atoms in total. The van der Waals surface area contributed by atoms with E-state index in [1.54, 1.807) is 5.57 Å². The Hall–Kier alpha value is -1.29. The lowest BCUT2D eigenvalue weighted by molar-refractivity contribution is -0.0581. The first-order valence-corrected chi connectivity index (χ1v) is 17.3. The molecule has 3 saturated carbocycles. The third-order valence-electron chi connectivity index (χ3n) is 12.1. The van der Waals surface area contributed by atoms with Crippen molar-refractivity contribution in [2.75, 3.05) is 6.54 Å². The molecule has 0 radical (unpaired) electrons. The molecular formula is C36H54BrNO2. The number of hydrogen-bond donors (Lipinski definition) is 1. The number of ether oxygens (including phenoxy) is 1. The Balaban J connectivity index is 1.15. The summed E-state index contributed by atoms with van der Waals surface area (Å²) in [6, 6.07) is 8.27. The van der Waals surface area contributed by atoms with Gasteiger partial charge in [-0.05, 0) is 115 Å². The van der Waals surface area contributed by atoms with Crippen molar-refractivity contribution in [3.05, 3.63) is 46.0 Å². The van der Waals surface area contributed by atoms with Crippen molar-refractivity contribution in [1.29, 1.82) is 0 Å². The summed E-state index contributed by atoms with van der Waals surface area (Å²) in [4.78, 5) is 12.6. The maximum Gasteiger partial charge on any atom is 0.407 e. The van der Waals surface area contributed by atoms with E-state index in [2.05, 4.69) is 74.1 Å². The average Bonchev–Trinajstić information content (AvgIpc) is 3.27. The van der Waals surface area contributed by atoms with Gasteiger partial charge in [-0.25, -0.2) is 4.79 Å². The maximum absolute atomic E-state index is 12.6. The summed E-state index contributed by atoms with van der Waals surface area (Å²) in [5.74, 6) is 5.15. The normalized spacial score (nSPS) is 35.8. The van der Waals surface area contributed by atoms with Crippen LogP contribution in [0.15, 0.2) is 40.4 Å². The first-order chi connectivity index (χ1) is 19.1. The highest BCUT2D eigenvalue weighted by atomic mass is 79.9. The molecular weight excluding hydrogens is 558 g/mol. The Kier molecular flexibility index (Phi) is 9.45. The number of benzene rings is 1. The fraction of sp³-hybridized carbons (Fsp3) is 0.750. The second-order valence-corrected chi connectivity index (χ2v) is 15.8. The van der Waals surface area contributed by atoms with Gasteiger partial charge < -0.3 is 10.1 Å². The molecule has 40 heavy (non-hydrogen) atoms. The second-order valence-electron chi connectivity index (χ2n) is 14.9. The number of fused-ring (bicyclic) bond motifs is 5. The number of carbonyl (C=O) groups excluding carboxylic acids is 1. The number of rotatable bonds is 9. The van der Waals surface area contributed by atoms with Crippen LogP contribution in [0.25, 0.3) is 0 Å². The summed E-state index contributed by atoms with van der Waals surface area (Å²) in [5, 5.41) is 2.99. The molecule has 4 aliphatic rings. The van der Waals surface area contributed by atoms with Crippen LogP contribution in [0, 0.1) is 46.3 Å². The molecule has 4 aliphatic carbocycles. The van der Waals surface area contributed by atoms with Crippen LogP contribution in [0.5, 0.6) is 0 Å². The molecule has 4 heteroatoms. The molecule has 0 bridgehead atoms. The summed E-state index contributed by atoms with van der Waals surface area (Å²) >= 11 is 3.48. The molecule has 1 aromatic carbocycles. The monoisotopic (exact) mass is 611 g/mol. The SMILES string of the molecule is CC(C)CCC[C@@H](C)C1CCC2C3CC=C4CC(OC(=O)NCCc5ccc(Br)cc5)CCC4(C)C3CCC21C. The van der Waals surface area contributed by atoms with Crippen molar-refractivity contribution in [2.45, 2.75) is 118 Å². The lowest BCUT2D eigenvalue weighted by atomic mass is 9.47. The van der Waals surface area contributed by atoms with E-state index in [0.29, 0.717) is 17.4 Å². The van der Waals surface area contributed by atoms with Gasteiger partial charge in [-0.3, -0.25) is 0 Å². The van der Waals surface area contributed by atoms with Crippen molar-refractivity contribution < 1.29 is 9.53 Å². The highest BCUT2D eigenvalue weighted by Gasteiger charge is 2.59. The van der Waals surface area contributed by atoms with Crippen LogP contribution in [0.3, 0.4) is 0 Å². The zero-order valence-corrected chi connectivity index (χ0v) is 27.4. The van der Waals surface area contributed by atoms with E-state index in [1.807, 2.05) is 12.1 Å². The minimum atomic E-state index is -0.257. The minimum absolute atomic E-state index is 0.0139. The van der Waals surface area contributed by atoms with E-state index in [1.165, 1.54) is 56.9 Å². The van der Waals surface area contributed by atoms with Crippen LogP contribution in [0.1, 0.15) is 111 Å². The van der Waals surface area contributed by atoms with Gasteiger partial charge in [0.25, 0.3) is 0 Å². The van der Waals surface area contributed by atoms with Gasteiger partial charge in [0.15, 0.2) is 0 Å². The van der Waals surface area contributed by atoms with Gasteiger partial charge in [0.05, 0.1) is 0 Å². The Morgan fingerprint density at radius 1 is 1.02 bits per heavy atom. The molecule has 7 unspecified atom stereocenters. The van der Waals surface area contributed by atoms with Gasteiger partial charge in [0, 0.05) is 17.4 Å². The number of hydrogen-bond acceptors (Lipinski definition) is 2. The van der Waals surface area contributed by atoms with E-state index >= 15 is 0 Å². The Labute approximate surface area is 252 Å². The lowest BCUT2D eigenvalue weighted by Gasteiger charge is -2.58. The van der Waals surface area contributed by atoms with Gasteiger partial charge in [0.1, 0.15) is 6.10 Å². The van der Waals surface area contributed by atoms with Crippen molar-refractivity contribution in [3.8, 4) is 0 Å². The number of allylic oxidation sites excluding steroid dienone is 1. The molecule has 5 rings (SSSR count). The summed E-state index contributed by atoms with van der Waals surface area (Å²) in [7, 11) is 0. The molecule has 8 atom stereocenters. The molecule has 1 N–H and O–H groups in total. The molecule has 0 spiro atoms. The summed E-state index contributed by atoms with van der Waals surface area (Å²) in [6.07, 6.45) is 17.4. The molecule has 3 fully saturated rings. The first kappa shape index (κ1) is 30.2. The number of alkyl carbamates (subject to hydrolysis) is 1. The van der Waals surface area contributed by atoms with Crippen molar-refractivity contribution in [3.63, 3.8) is 0 Å². The van der Waals surface area contributed by atoms with E-state index in [0.717, 1.165) is 65.7 Å². The zero-order chi connectivity index (χ0) is 28.5. The number of amides is 1. The van der Waals surface area contributed by atoms with Gasteiger partial charge in [-0.15, -0.1) is 0 Å². The summed E-state index contributed by atoms with van der Waals surface area (Å²) in [6.45, 7) is 13.2. The highest BCUT2D eigenvalue weighted by Crippen LogP contribution is 2.67. The largest absolute Gasteiger partial charge is 0.446 e. The quantitative estimate of drug-likeness (QED) is 0.282. The number of carbonyl (C=O) groups is 1. The topological polar surface area (TPSA) is 38.3 Å². The predicted octanol–water partition coefficient (Wildman–Crippen LogP) is 10.1. The Morgan fingerprint density at radius 2 is 1.80 bits per heavy atom. The van der Waals surface area contributed by atoms with Crippen molar-refractivity contribution in [1.82, 2.24) is 5.32 Å². The van der Waals surface area contributed by atoms with E-state index in [-0.39, 0.29) is 12.2 Å². The van der Waals surface area contributed by atoms with Crippen molar-refractivity contribution in [2.24, 2.45) is 46.3 Å². The zero-order valence-electron chi connectivity index (χ0n) is 25.8. The molecule has 0 heterocycles. The summed E-state index contributed by atoms with van der Waals surface area (Å²) in [5.41, 5.74) is 3.64. The minimum Gasteiger partial charge on any atom is -0.446 e. The third-order valence-corrected chi connectivity index (χ3v) is 12.7.